The van der Waals surface area contributed by atoms with Gasteiger partial charge in [-0.15, -0.1) is 0 Å². The highest BCUT2D eigenvalue weighted by Crippen LogP contribution is 2.38. The van der Waals surface area contributed by atoms with Gasteiger partial charge in [0.25, 0.3) is 0 Å². The van der Waals surface area contributed by atoms with Gasteiger partial charge in [0.1, 0.15) is 15.6 Å². The summed E-state index contributed by atoms with van der Waals surface area (Å²) in [6, 6.07) is 3.34. The van der Waals surface area contributed by atoms with Crippen molar-refractivity contribution in [2.24, 2.45) is 5.73 Å². The summed E-state index contributed by atoms with van der Waals surface area (Å²) < 4.78 is 36.6. The molecule has 3 N–H and O–H groups in total. The van der Waals surface area contributed by atoms with E-state index < -0.39 is 23.6 Å². The Bertz CT molecular complexity index is 2460. The van der Waals surface area contributed by atoms with E-state index in [1.54, 1.807) is 36.9 Å². The molecule has 8 rings (SSSR count). The number of nitrogens with zero attached hydrogens (tertiary/aromatic N) is 10. The van der Waals surface area contributed by atoms with Crippen LogP contribution in [0.25, 0.3) is 11.3 Å². The molecule has 312 valence electrons. The third-order valence-corrected chi connectivity index (χ3v) is 13.0. The van der Waals surface area contributed by atoms with Gasteiger partial charge in [-0.25, -0.2) is 34.7 Å². The van der Waals surface area contributed by atoms with Gasteiger partial charge < -0.3 is 25.6 Å². The van der Waals surface area contributed by atoms with Gasteiger partial charge in [0.2, 0.25) is 23.8 Å². The number of halogens is 4. The largest absolute Gasteiger partial charge is 0.444 e. The summed E-state index contributed by atoms with van der Waals surface area (Å²) in [5.74, 6) is 0.211. The first kappa shape index (κ1) is 42.6. The SMILES string of the molecule is CC1(N)CCN(c2ncc(Sc3ccnc(F)c3Cl)c3nccn23)CC1.CC1(NC(=O)OC(C)(C)C)CCN(c2ncc(Sc3ccnc(F)c3Cl)c3nccn23)CC1. The molecular formula is C39H44Cl2F2N12O2S2. The number of aromatic nitrogens is 8. The van der Waals surface area contributed by atoms with Crippen molar-refractivity contribution in [3.63, 3.8) is 0 Å². The number of amides is 1. The van der Waals surface area contributed by atoms with Crippen molar-refractivity contribution in [1.29, 1.82) is 0 Å². The molecule has 14 nitrogen and oxygen atoms in total. The van der Waals surface area contributed by atoms with E-state index in [-0.39, 0.29) is 21.1 Å². The average Bonchev–Trinajstić information content (AvgIpc) is 3.88. The molecule has 6 aromatic rings. The van der Waals surface area contributed by atoms with E-state index in [1.807, 2.05) is 48.9 Å². The van der Waals surface area contributed by atoms with Crippen LogP contribution in [0.3, 0.4) is 0 Å². The number of nitrogens with one attached hydrogen (secondary N) is 1. The Labute approximate surface area is 358 Å². The molecule has 2 saturated heterocycles. The maximum absolute atomic E-state index is 13.7. The smallest absolute Gasteiger partial charge is 0.408 e. The maximum Gasteiger partial charge on any atom is 0.408 e. The molecule has 8 heterocycles. The minimum Gasteiger partial charge on any atom is -0.444 e. The first-order valence-electron chi connectivity index (χ1n) is 18.9. The molecule has 2 aliphatic heterocycles. The summed E-state index contributed by atoms with van der Waals surface area (Å²) in [5.41, 5.74) is 6.68. The van der Waals surface area contributed by atoms with Crippen LogP contribution >= 0.6 is 46.7 Å². The summed E-state index contributed by atoms with van der Waals surface area (Å²) >= 11 is 14.7. The molecule has 0 spiro atoms. The zero-order chi connectivity index (χ0) is 42.1. The fraction of sp³-hybridized carbons (Fsp3) is 0.410. The van der Waals surface area contributed by atoms with Crippen LogP contribution in [-0.4, -0.2) is 87.7 Å². The highest BCUT2D eigenvalue weighted by atomic mass is 35.5. The molecule has 20 heteroatoms. The Morgan fingerprint density at radius 2 is 1.17 bits per heavy atom. The van der Waals surface area contributed by atoms with Crippen molar-refractivity contribution in [3.05, 3.63) is 83.6 Å². The lowest BCUT2D eigenvalue weighted by molar-refractivity contribution is 0.0448. The molecule has 59 heavy (non-hydrogen) atoms. The van der Waals surface area contributed by atoms with Crippen LogP contribution in [0, 0.1) is 11.9 Å². The topological polar surface area (TPSA) is 157 Å². The molecule has 6 aromatic heterocycles. The van der Waals surface area contributed by atoms with Crippen molar-refractivity contribution in [2.45, 2.75) is 96.6 Å². The molecule has 0 aliphatic carbocycles. The van der Waals surface area contributed by atoms with Crippen LogP contribution in [0.5, 0.6) is 0 Å². The Balaban J connectivity index is 0.000000184. The zero-order valence-electron chi connectivity index (χ0n) is 33.1. The average molecular weight is 886 g/mol. The number of hydrogen-bond acceptors (Lipinski definition) is 13. The molecule has 1 amide bonds. The monoisotopic (exact) mass is 884 g/mol. The van der Waals surface area contributed by atoms with Gasteiger partial charge >= 0.3 is 6.09 Å². The fourth-order valence-electron chi connectivity index (χ4n) is 6.67. The Kier molecular flexibility index (Phi) is 12.5. The third kappa shape index (κ3) is 9.94. The highest BCUT2D eigenvalue weighted by molar-refractivity contribution is 8.00. The van der Waals surface area contributed by atoms with Crippen molar-refractivity contribution in [1.82, 2.24) is 44.0 Å². The minimum absolute atomic E-state index is 0.00421. The maximum atomic E-state index is 13.7. The molecule has 0 radical (unpaired) electrons. The number of rotatable bonds is 7. The standard InChI is InChI=1S/C22H26ClFN6O2S.C17H18ClFN6S/c1-21(2,3)32-20(31)28-22(4)6-10-29(11-7-22)19-27-13-15(18-26-9-12-30(18)19)33-14-5-8-25-17(24)16(14)23;1-17(20)3-7-24(8-4-17)16-23-10-12(15-22-6-9-25(15)16)26-11-2-5-21-14(19)13(11)18/h5,8-9,12-13H,6-7,10-11H2,1-4H3,(H,28,31);2,5-6,9-10H,3-4,7-8,20H2,1H3. The Morgan fingerprint density at radius 1 is 0.729 bits per heavy atom. The second-order valence-electron chi connectivity index (χ2n) is 15.9. The molecule has 0 unspecified atom stereocenters. The predicted octanol–water partition coefficient (Wildman–Crippen LogP) is 8.34. The van der Waals surface area contributed by atoms with E-state index in [2.05, 4.69) is 51.9 Å². The number of alkyl carbamates (subject to hydrolysis) is 1. The quantitative estimate of drug-likeness (QED) is 0.148. The molecule has 2 aliphatic rings. The Hall–Kier alpha value is -4.49. The molecule has 0 aromatic carbocycles. The van der Waals surface area contributed by atoms with Crippen molar-refractivity contribution >= 4 is 76.0 Å². The van der Waals surface area contributed by atoms with Crippen LogP contribution < -0.4 is 20.9 Å². The zero-order valence-corrected chi connectivity index (χ0v) is 36.3. The molecule has 0 saturated carbocycles. The van der Waals surface area contributed by atoms with Crippen LogP contribution in [0.1, 0.15) is 60.3 Å². The van der Waals surface area contributed by atoms with Gasteiger partial charge in [-0.3, -0.25) is 8.80 Å². The Morgan fingerprint density at radius 3 is 1.61 bits per heavy atom. The first-order chi connectivity index (χ1) is 28.0. The van der Waals surface area contributed by atoms with Gasteiger partial charge in [-0.05, 0) is 72.4 Å². The fourth-order valence-corrected chi connectivity index (χ4v) is 8.90. The number of anilines is 2. The molecule has 2 fully saturated rings. The van der Waals surface area contributed by atoms with Gasteiger partial charge in [-0.1, -0.05) is 46.7 Å². The number of piperidine rings is 2. The molecule has 0 bridgehead atoms. The lowest BCUT2D eigenvalue weighted by Gasteiger charge is -2.40. The lowest BCUT2D eigenvalue weighted by Crippen LogP contribution is -2.54. The number of hydrogen-bond donors (Lipinski definition) is 2. The number of pyridine rings is 2. The number of carbonyl (C=O) groups excluding carboxylic acids is 1. The number of fused-ring (bicyclic) bond motifs is 2. The number of carbonyl (C=O) groups is 1. The van der Waals surface area contributed by atoms with Gasteiger partial charge in [0, 0.05) is 96.6 Å². The van der Waals surface area contributed by atoms with Gasteiger partial charge in [-0.2, -0.15) is 8.78 Å². The number of nitrogens with two attached hydrogens (primary N) is 1. The summed E-state index contributed by atoms with van der Waals surface area (Å²) in [6.07, 6.45) is 16.3. The van der Waals surface area contributed by atoms with Crippen LogP contribution in [0.2, 0.25) is 10.0 Å². The number of imidazole rings is 2. The predicted molar refractivity (Wildman–Crippen MR) is 226 cm³/mol. The van der Waals surface area contributed by atoms with E-state index in [9.17, 15) is 13.6 Å². The van der Waals surface area contributed by atoms with Gasteiger partial charge in [0.15, 0.2) is 11.3 Å². The molecule has 0 atom stereocenters. The van der Waals surface area contributed by atoms with Crippen molar-refractivity contribution < 1.29 is 18.3 Å². The van der Waals surface area contributed by atoms with Crippen molar-refractivity contribution in [3.8, 4) is 0 Å². The van der Waals surface area contributed by atoms with Crippen LogP contribution in [0.15, 0.2) is 81.3 Å². The second-order valence-corrected chi connectivity index (χ2v) is 18.9. The van der Waals surface area contributed by atoms with E-state index in [4.69, 9.17) is 33.7 Å². The van der Waals surface area contributed by atoms with Crippen LogP contribution in [-0.2, 0) is 4.74 Å². The van der Waals surface area contributed by atoms with E-state index in [0.29, 0.717) is 28.5 Å². The lowest BCUT2D eigenvalue weighted by atomic mass is 9.90. The molecular weight excluding hydrogens is 842 g/mol. The second kappa shape index (κ2) is 17.2. The highest BCUT2D eigenvalue weighted by Gasteiger charge is 2.34. The van der Waals surface area contributed by atoms with Crippen LogP contribution in [0.4, 0.5) is 25.5 Å². The normalized spacial score (nSPS) is 16.5. The summed E-state index contributed by atoms with van der Waals surface area (Å²) in [4.78, 5) is 44.7. The number of ether oxygens (including phenoxy) is 1. The summed E-state index contributed by atoms with van der Waals surface area (Å²) in [5, 5.41) is 3.00. The first-order valence-corrected chi connectivity index (χ1v) is 21.3. The van der Waals surface area contributed by atoms with Crippen molar-refractivity contribution in [2.75, 3.05) is 36.0 Å². The summed E-state index contributed by atoms with van der Waals surface area (Å²) in [6.45, 7) is 12.8. The minimum atomic E-state index is -0.707. The van der Waals surface area contributed by atoms with E-state index in [1.165, 1.54) is 35.9 Å². The van der Waals surface area contributed by atoms with E-state index >= 15 is 0 Å². The summed E-state index contributed by atoms with van der Waals surface area (Å²) in [7, 11) is 0. The third-order valence-electron chi connectivity index (χ3n) is 9.95. The van der Waals surface area contributed by atoms with Gasteiger partial charge in [0.05, 0.1) is 9.79 Å². The van der Waals surface area contributed by atoms with E-state index in [0.717, 1.165) is 66.1 Å².